The van der Waals surface area contributed by atoms with E-state index in [0.717, 1.165) is 50.3 Å². The Morgan fingerprint density at radius 3 is 2.31 bits per heavy atom. The van der Waals surface area contributed by atoms with E-state index in [1.165, 1.54) is 23.2 Å². The van der Waals surface area contributed by atoms with Crippen molar-refractivity contribution < 1.29 is 4.79 Å². The lowest BCUT2D eigenvalue weighted by atomic mass is 10.1. The summed E-state index contributed by atoms with van der Waals surface area (Å²) in [5.74, 6) is 0.667. The summed E-state index contributed by atoms with van der Waals surface area (Å²) in [4.78, 5) is 42.0. The third-order valence-corrected chi connectivity index (χ3v) is 7.79. The average Bonchev–Trinajstić information content (AvgIpc) is 2.96. The molecule has 3 aromatic rings. The number of unbranched alkanes of at least 4 members (excludes halogenated alkanes) is 1. The maximum atomic E-state index is 13.1. The minimum atomic E-state index is -0.130. The van der Waals surface area contributed by atoms with E-state index in [2.05, 4.69) is 69.9 Å². The quantitative estimate of drug-likeness (QED) is 0.481. The van der Waals surface area contributed by atoms with Crippen molar-refractivity contribution in [2.24, 2.45) is 0 Å². The van der Waals surface area contributed by atoms with Gasteiger partial charge in [-0.15, -0.1) is 0 Å². The second-order valence-corrected chi connectivity index (χ2v) is 10.7. The number of nitrogens with one attached hydrogen (secondary N) is 1. The lowest BCUT2D eigenvalue weighted by molar-refractivity contribution is 0.0746. The Bertz CT molecular complexity index is 1310. The fourth-order valence-corrected chi connectivity index (χ4v) is 5.44. The van der Waals surface area contributed by atoms with Gasteiger partial charge in [-0.05, 0) is 55.2 Å². The average molecular weight is 529 g/mol. The molecular formula is C31H40N6O2. The first-order valence-corrected chi connectivity index (χ1v) is 14.3. The molecular weight excluding hydrogens is 488 g/mol. The summed E-state index contributed by atoms with van der Waals surface area (Å²) in [7, 11) is 0. The maximum Gasteiger partial charge on any atom is 0.253 e. The van der Waals surface area contributed by atoms with Crippen molar-refractivity contribution in [3.8, 4) is 0 Å². The molecule has 0 bridgehead atoms. The summed E-state index contributed by atoms with van der Waals surface area (Å²) in [5, 5.41) is 0. The number of aryl methyl sites for hydroxylation is 2. The fourth-order valence-electron chi connectivity index (χ4n) is 5.44. The van der Waals surface area contributed by atoms with Gasteiger partial charge in [0.1, 0.15) is 0 Å². The standard InChI is InChI=1S/C31H40N6O2/c1-3-4-7-25-9-11-26(12-10-25)30(39)36-17-19-37(20-18-36)31-32-27(22-29(38)33-31)23-34-13-15-35(16-14-34)28-8-5-6-24(2)21-28/h5-6,8-12,21-22H,3-4,7,13-20,23H2,1-2H3,(H,32,33,38). The van der Waals surface area contributed by atoms with Crippen molar-refractivity contribution >= 4 is 17.5 Å². The SMILES string of the molecule is CCCCc1ccc(C(=O)N2CCN(c3nc(CN4CCN(c5cccc(C)c5)CC4)cc(=O)[nH]3)CC2)cc1. The van der Waals surface area contributed by atoms with Crippen LogP contribution in [0.15, 0.2) is 59.4 Å². The normalized spacial score (nSPS) is 16.5. The third-order valence-electron chi connectivity index (χ3n) is 7.79. The summed E-state index contributed by atoms with van der Waals surface area (Å²) in [6.45, 7) is 11.2. The van der Waals surface area contributed by atoms with Gasteiger partial charge in [0.15, 0.2) is 0 Å². The molecule has 0 atom stereocenters. The smallest absolute Gasteiger partial charge is 0.253 e. The molecule has 1 amide bonds. The molecule has 1 N–H and O–H groups in total. The van der Waals surface area contributed by atoms with Crippen LogP contribution in [0.2, 0.25) is 0 Å². The predicted octanol–water partition coefficient (Wildman–Crippen LogP) is 3.71. The number of benzene rings is 2. The molecule has 39 heavy (non-hydrogen) atoms. The molecule has 2 saturated heterocycles. The molecule has 2 aromatic carbocycles. The van der Waals surface area contributed by atoms with Gasteiger partial charge in [0.25, 0.3) is 11.5 Å². The molecule has 2 aliphatic rings. The molecule has 3 heterocycles. The topological polar surface area (TPSA) is 75.8 Å². The van der Waals surface area contributed by atoms with Crippen molar-refractivity contribution in [3.63, 3.8) is 0 Å². The highest BCUT2D eigenvalue weighted by molar-refractivity contribution is 5.94. The molecule has 0 aliphatic carbocycles. The number of carbonyl (C=O) groups excluding carboxylic acids is 1. The van der Waals surface area contributed by atoms with Gasteiger partial charge in [0.2, 0.25) is 5.95 Å². The van der Waals surface area contributed by atoms with Crippen LogP contribution in [0.1, 0.15) is 46.9 Å². The molecule has 8 heteroatoms. The van der Waals surface area contributed by atoms with E-state index in [1.807, 2.05) is 17.0 Å². The molecule has 0 radical (unpaired) electrons. The number of hydrogen-bond acceptors (Lipinski definition) is 6. The monoisotopic (exact) mass is 528 g/mol. The minimum absolute atomic E-state index is 0.0664. The molecule has 2 fully saturated rings. The van der Waals surface area contributed by atoms with Crippen LogP contribution in [0.5, 0.6) is 0 Å². The Morgan fingerprint density at radius 2 is 1.62 bits per heavy atom. The van der Waals surface area contributed by atoms with E-state index in [-0.39, 0.29) is 11.5 Å². The Labute approximate surface area is 231 Å². The van der Waals surface area contributed by atoms with E-state index in [0.29, 0.717) is 38.7 Å². The van der Waals surface area contributed by atoms with E-state index >= 15 is 0 Å². The molecule has 2 aliphatic heterocycles. The second kappa shape index (κ2) is 12.5. The van der Waals surface area contributed by atoms with Crippen LogP contribution in [0.25, 0.3) is 0 Å². The molecule has 0 unspecified atom stereocenters. The number of anilines is 2. The number of rotatable bonds is 8. The zero-order valence-corrected chi connectivity index (χ0v) is 23.2. The summed E-state index contributed by atoms with van der Waals surface area (Å²) in [5.41, 5.74) is 5.22. The van der Waals surface area contributed by atoms with Gasteiger partial charge < -0.3 is 14.7 Å². The first-order valence-electron chi connectivity index (χ1n) is 14.3. The second-order valence-electron chi connectivity index (χ2n) is 10.7. The summed E-state index contributed by atoms with van der Waals surface area (Å²) in [6.07, 6.45) is 3.38. The number of hydrogen-bond donors (Lipinski definition) is 1. The highest BCUT2D eigenvalue weighted by Crippen LogP contribution is 2.19. The van der Waals surface area contributed by atoms with Crippen molar-refractivity contribution in [1.82, 2.24) is 19.8 Å². The molecule has 0 spiro atoms. The van der Waals surface area contributed by atoms with Crippen LogP contribution in [0, 0.1) is 6.92 Å². The van der Waals surface area contributed by atoms with E-state index in [9.17, 15) is 9.59 Å². The molecule has 0 saturated carbocycles. The number of piperazine rings is 2. The number of carbonyl (C=O) groups is 1. The number of aromatic amines is 1. The Balaban J connectivity index is 1.14. The Hall–Kier alpha value is -3.65. The zero-order chi connectivity index (χ0) is 27.2. The Morgan fingerprint density at radius 1 is 0.897 bits per heavy atom. The highest BCUT2D eigenvalue weighted by Gasteiger charge is 2.24. The number of nitrogens with zero attached hydrogens (tertiary/aromatic N) is 5. The minimum Gasteiger partial charge on any atom is -0.369 e. The van der Waals surface area contributed by atoms with Crippen molar-refractivity contribution in [2.75, 3.05) is 62.2 Å². The van der Waals surface area contributed by atoms with E-state index < -0.39 is 0 Å². The maximum absolute atomic E-state index is 13.1. The van der Waals surface area contributed by atoms with Crippen LogP contribution >= 0.6 is 0 Å². The fraction of sp³-hybridized carbons (Fsp3) is 0.452. The van der Waals surface area contributed by atoms with Crippen LogP contribution < -0.4 is 15.4 Å². The van der Waals surface area contributed by atoms with Crippen LogP contribution in [-0.2, 0) is 13.0 Å². The van der Waals surface area contributed by atoms with Crippen molar-refractivity contribution in [3.05, 3.63) is 87.3 Å². The van der Waals surface area contributed by atoms with Crippen LogP contribution in [-0.4, -0.2) is 78.0 Å². The molecule has 8 nitrogen and oxygen atoms in total. The lowest BCUT2D eigenvalue weighted by Crippen LogP contribution is -2.49. The predicted molar refractivity (Wildman–Crippen MR) is 157 cm³/mol. The van der Waals surface area contributed by atoms with Gasteiger partial charge in [-0.3, -0.25) is 19.5 Å². The van der Waals surface area contributed by atoms with Crippen LogP contribution in [0.3, 0.4) is 0 Å². The molecule has 206 valence electrons. The number of amides is 1. The van der Waals surface area contributed by atoms with E-state index in [1.54, 1.807) is 6.07 Å². The molecule has 5 rings (SSSR count). The third kappa shape index (κ3) is 6.87. The van der Waals surface area contributed by atoms with Crippen LogP contribution in [0.4, 0.5) is 11.6 Å². The van der Waals surface area contributed by atoms with E-state index in [4.69, 9.17) is 4.98 Å². The summed E-state index contributed by atoms with van der Waals surface area (Å²) < 4.78 is 0. The zero-order valence-electron chi connectivity index (χ0n) is 23.2. The van der Waals surface area contributed by atoms with Gasteiger partial charge in [-0.1, -0.05) is 37.6 Å². The number of aromatic nitrogens is 2. The van der Waals surface area contributed by atoms with Crippen molar-refractivity contribution in [1.29, 1.82) is 0 Å². The first kappa shape index (κ1) is 26.9. The van der Waals surface area contributed by atoms with Gasteiger partial charge >= 0.3 is 0 Å². The van der Waals surface area contributed by atoms with Gasteiger partial charge in [0, 0.05) is 76.2 Å². The van der Waals surface area contributed by atoms with Gasteiger partial charge in [0.05, 0.1) is 5.69 Å². The summed E-state index contributed by atoms with van der Waals surface area (Å²) >= 11 is 0. The highest BCUT2D eigenvalue weighted by atomic mass is 16.2. The summed E-state index contributed by atoms with van der Waals surface area (Å²) in [6, 6.07) is 18.3. The van der Waals surface area contributed by atoms with Gasteiger partial charge in [-0.25, -0.2) is 4.98 Å². The largest absolute Gasteiger partial charge is 0.369 e. The van der Waals surface area contributed by atoms with Crippen molar-refractivity contribution in [2.45, 2.75) is 39.7 Å². The Kier molecular flexibility index (Phi) is 8.61. The van der Waals surface area contributed by atoms with Gasteiger partial charge in [-0.2, -0.15) is 0 Å². The number of H-pyrrole nitrogens is 1. The lowest BCUT2D eigenvalue weighted by Gasteiger charge is -2.36. The molecule has 1 aromatic heterocycles. The first-order chi connectivity index (χ1) is 19.0.